The molecule has 2 aliphatic carbocycles. The van der Waals surface area contributed by atoms with Crippen LogP contribution in [-0.2, 0) is 22.4 Å². The molecule has 4 aromatic rings. The minimum absolute atomic E-state index is 0.109. The number of halogens is 3. The van der Waals surface area contributed by atoms with E-state index in [4.69, 9.17) is 9.47 Å². The molecule has 1 N–H and O–H groups in total. The first kappa shape index (κ1) is 30.3. The van der Waals surface area contributed by atoms with Gasteiger partial charge in [0.05, 0.1) is 35.2 Å². The number of carbonyl (C=O) groups is 2. The number of aromatic amines is 1. The molecule has 0 spiro atoms. The third-order valence-electron chi connectivity index (χ3n) is 10.2. The average Bonchev–Trinajstić information content (AvgIpc) is 3.79. The number of rotatable bonds is 6. The van der Waals surface area contributed by atoms with E-state index in [2.05, 4.69) is 4.98 Å². The van der Waals surface area contributed by atoms with E-state index in [1.807, 2.05) is 49.4 Å². The summed E-state index contributed by atoms with van der Waals surface area (Å²) in [5, 5.41) is 0.632. The molecule has 8 rings (SSSR count). The van der Waals surface area contributed by atoms with Crippen molar-refractivity contribution >= 4 is 40.6 Å². The molecule has 2 saturated carbocycles. The summed E-state index contributed by atoms with van der Waals surface area (Å²) in [4.78, 5) is 45.0. The summed E-state index contributed by atoms with van der Waals surface area (Å²) in [5.41, 5.74) is 1.63. The Morgan fingerprint density at radius 2 is 1.66 bits per heavy atom. The number of fused-ring (bicyclic) bond motifs is 9. The highest BCUT2D eigenvalue weighted by Gasteiger charge is 2.70. The molecule has 3 fully saturated rings. The van der Waals surface area contributed by atoms with Gasteiger partial charge in [0.2, 0.25) is 11.8 Å². The van der Waals surface area contributed by atoms with Crippen molar-refractivity contribution in [2.24, 2.45) is 29.6 Å². The lowest BCUT2D eigenvalue weighted by Crippen LogP contribution is -2.42. The molecule has 242 valence electrons. The maximum absolute atomic E-state index is 14.0. The topological polar surface area (TPSA) is 88.7 Å². The maximum Gasteiger partial charge on any atom is 0.418 e. The monoisotopic (exact) mass is 678 g/mol. The first-order valence-electron chi connectivity index (χ1n) is 15.3. The lowest BCUT2D eigenvalue weighted by molar-refractivity contribution is -0.137. The smallest absolute Gasteiger partial charge is 0.418 e. The van der Waals surface area contributed by atoms with E-state index in [0.29, 0.717) is 24.5 Å². The van der Waals surface area contributed by atoms with Gasteiger partial charge in [0.1, 0.15) is 6.61 Å². The van der Waals surface area contributed by atoms with Gasteiger partial charge in [-0.3, -0.25) is 14.4 Å². The number of imide groups is 1. The Bertz CT molecular complexity index is 1970. The Morgan fingerprint density at radius 3 is 2.38 bits per heavy atom. The Hall–Kier alpha value is -4.03. The summed E-state index contributed by atoms with van der Waals surface area (Å²) in [6.45, 7) is 2.37. The van der Waals surface area contributed by atoms with Crippen LogP contribution in [0.1, 0.15) is 39.5 Å². The minimum atomic E-state index is -4.72. The van der Waals surface area contributed by atoms with Crippen LogP contribution in [-0.4, -0.2) is 29.2 Å². The number of hydrogen-bond acceptors (Lipinski definition) is 7. The molecule has 3 aromatic carbocycles. The Balaban J connectivity index is 1.15. The van der Waals surface area contributed by atoms with Gasteiger partial charge in [0, 0.05) is 16.0 Å². The predicted octanol–water partition coefficient (Wildman–Crippen LogP) is 7.03. The number of amides is 2. The molecule has 1 aromatic heterocycles. The van der Waals surface area contributed by atoms with Crippen LogP contribution < -0.4 is 19.2 Å². The minimum Gasteiger partial charge on any atom is -0.493 e. The maximum atomic E-state index is 14.0. The van der Waals surface area contributed by atoms with Crippen molar-refractivity contribution in [1.29, 1.82) is 0 Å². The predicted molar refractivity (Wildman–Crippen MR) is 171 cm³/mol. The summed E-state index contributed by atoms with van der Waals surface area (Å²) >= 11 is 2.66. The molecule has 47 heavy (non-hydrogen) atoms. The number of alkyl halides is 3. The van der Waals surface area contributed by atoms with Gasteiger partial charge in [-0.15, -0.1) is 11.8 Å². The van der Waals surface area contributed by atoms with Crippen LogP contribution in [0.3, 0.4) is 0 Å². The van der Waals surface area contributed by atoms with Crippen molar-refractivity contribution in [2.45, 2.75) is 42.3 Å². The summed E-state index contributed by atoms with van der Waals surface area (Å²) in [7, 11) is 1.57. The second-order valence-corrected chi connectivity index (χ2v) is 14.9. The molecule has 12 heteroatoms. The zero-order chi connectivity index (χ0) is 32.8. The Labute approximate surface area is 276 Å². The third-order valence-corrected chi connectivity index (χ3v) is 12.8. The van der Waals surface area contributed by atoms with Crippen LogP contribution in [0.5, 0.6) is 11.5 Å². The number of thiazole rings is 1. The van der Waals surface area contributed by atoms with E-state index in [1.165, 1.54) is 30.0 Å². The van der Waals surface area contributed by atoms with Gasteiger partial charge in [-0.05, 0) is 66.5 Å². The van der Waals surface area contributed by atoms with Crippen molar-refractivity contribution in [3.05, 3.63) is 104 Å². The number of aryl methyl sites for hydroxylation is 1. The molecule has 7 atom stereocenters. The number of nitrogens with one attached hydrogen (secondary N) is 1. The zero-order valence-electron chi connectivity index (χ0n) is 25.2. The SMILES string of the molecule is COc1cc(C2c3sc(=O)[nH]c3SC3C2[C@H]2C[C@@H]3C3C(=O)N(c4ccccc4C(F)(F)F)C(=O)C32)ccc1OCc1ccc(C)cc1. The molecule has 2 bridgehead atoms. The highest BCUT2D eigenvalue weighted by atomic mass is 32.2. The normalized spacial score (nSPS) is 27.5. The van der Waals surface area contributed by atoms with Crippen molar-refractivity contribution in [2.75, 3.05) is 12.0 Å². The van der Waals surface area contributed by atoms with E-state index >= 15 is 0 Å². The number of carbonyl (C=O) groups excluding carboxylic acids is 2. The van der Waals surface area contributed by atoms with Crippen LogP contribution in [0, 0.1) is 36.5 Å². The number of aromatic nitrogens is 1. The molecular weight excluding hydrogens is 650 g/mol. The third kappa shape index (κ3) is 4.74. The van der Waals surface area contributed by atoms with Crippen molar-refractivity contribution in [1.82, 2.24) is 4.98 Å². The van der Waals surface area contributed by atoms with Gasteiger partial charge in [-0.25, -0.2) is 4.90 Å². The zero-order valence-corrected chi connectivity index (χ0v) is 26.9. The number of H-pyrrole nitrogens is 1. The molecule has 1 saturated heterocycles. The number of ether oxygens (including phenoxy) is 2. The van der Waals surface area contributed by atoms with Gasteiger partial charge >= 0.3 is 11.0 Å². The van der Waals surface area contributed by atoms with E-state index < -0.39 is 41.1 Å². The highest BCUT2D eigenvalue weighted by molar-refractivity contribution is 8.00. The second-order valence-electron chi connectivity index (χ2n) is 12.7. The number of methoxy groups -OCH3 is 1. The van der Waals surface area contributed by atoms with Crippen LogP contribution >= 0.6 is 23.1 Å². The van der Waals surface area contributed by atoms with Crippen LogP contribution in [0.2, 0.25) is 0 Å². The van der Waals surface area contributed by atoms with E-state index in [0.717, 1.165) is 48.9 Å². The van der Waals surface area contributed by atoms with Gasteiger partial charge < -0.3 is 14.5 Å². The van der Waals surface area contributed by atoms with Crippen molar-refractivity contribution in [3.8, 4) is 11.5 Å². The fourth-order valence-electron chi connectivity index (χ4n) is 8.38. The molecule has 5 unspecified atom stereocenters. The number of thioether (sulfide) groups is 1. The average molecular weight is 679 g/mol. The molecule has 2 aliphatic heterocycles. The number of nitrogens with zero attached hydrogens (tertiary/aromatic N) is 1. The van der Waals surface area contributed by atoms with Crippen molar-refractivity contribution in [3.63, 3.8) is 0 Å². The molecule has 7 nitrogen and oxygen atoms in total. The van der Waals surface area contributed by atoms with E-state index in [9.17, 15) is 27.6 Å². The first-order valence-corrected chi connectivity index (χ1v) is 17.0. The van der Waals surface area contributed by atoms with Crippen LogP contribution in [0.15, 0.2) is 76.6 Å². The van der Waals surface area contributed by atoms with Gasteiger partial charge in [0.25, 0.3) is 0 Å². The lowest BCUT2D eigenvalue weighted by Gasteiger charge is -2.43. The molecule has 0 radical (unpaired) electrons. The fraction of sp³-hybridized carbons (Fsp3) is 0.343. The molecule has 2 amide bonds. The quantitative estimate of drug-likeness (QED) is 0.221. The van der Waals surface area contributed by atoms with E-state index in [1.54, 1.807) is 7.11 Å². The van der Waals surface area contributed by atoms with Gasteiger partial charge in [-0.2, -0.15) is 13.2 Å². The van der Waals surface area contributed by atoms with E-state index in [-0.39, 0.29) is 33.8 Å². The summed E-state index contributed by atoms with van der Waals surface area (Å²) in [6.07, 6.45) is -4.10. The van der Waals surface area contributed by atoms with Gasteiger partial charge in [-0.1, -0.05) is 59.4 Å². The Kier molecular flexibility index (Phi) is 7.10. The number of hydrogen-bond donors (Lipinski definition) is 1. The number of para-hydroxylation sites is 1. The molecular formula is C35H29F3N2O5S2. The largest absolute Gasteiger partial charge is 0.493 e. The summed E-state index contributed by atoms with van der Waals surface area (Å²) in [5.74, 6) is -2.37. The number of benzene rings is 3. The Morgan fingerprint density at radius 1 is 0.936 bits per heavy atom. The molecule has 3 heterocycles. The summed E-state index contributed by atoms with van der Waals surface area (Å²) < 4.78 is 53.8. The van der Waals surface area contributed by atoms with Crippen LogP contribution in [0.4, 0.5) is 18.9 Å². The fourth-order valence-corrected chi connectivity index (χ4v) is 11.3. The lowest BCUT2D eigenvalue weighted by atomic mass is 9.68. The van der Waals surface area contributed by atoms with Crippen LogP contribution in [0.25, 0.3) is 0 Å². The number of anilines is 1. The van der Waals surface area contributed by atoms with Gasteiger partial charge in [0.15, 0.2) is 11.5 Å². The highest BCUT2D eigenvalue weighted by Crippen LogP contribution is 2.69. The van der Waals surface area contributed by atoms with Crippen molar-refractivity contribution < 1.29 is 32.2 Å². The summed E-state index contributed by atoms with van der Waals surface area (Å²) in [6, 6.07) is 18.5. The first-order chi connectivity index (χ1) is 22.5. The molecule has 4 aliphatic rings. The standard InChI is InChI=1S/C35H29F3N2O5S2/c1-16-7-9-17(10-8-16)15-45-23-12-11-18(13-24(23)44-2)25-26-19-14-20(29(26)46-31-30(25)47-34(43)39-31)28-27(19)32(41)40(33(28)42)22-6-4-3-5-21(22)35(36,37)38/h3-13,19-20,25-29H,14-15H2,1-2H3,(H,39,43)/t19-,20-,25?,26?,27?,28?,29?/m1/s1. The second kappa shape index (κ2) is 11.0.